The lowest BCUT2D eigenvalue weighted by Gasteiger charge is -2.22. The summed E-state index contributed by atoms with van der Waals surface area (Å²) >= 11 is 0. The van der Waals surface area contributed by atoms with Crippen molar-refractivity contribution in [2.24, 2.45) is 0 Å². The zero-order chi connectivity index (χ0) is 6.53. The summed E-state index contributed by atoms with van der Waals surface area (Å²) in [6, 6.07) is 0.740. The van der Waals surface area contributed by atoms with Gasteiger partial charge >= 0.3 is 0 Å². The van der Waals surface area contributed by atoms with E-state index in [0.717, 1.165) is 12.6 Å². The lowest BCUT2D eigenvalue weighted by atomic mass is 10.1. The van der Waals surface area contributed by atoms with Crippen LogP contribution in [0.3, 0.4) is 0 Å². The van der Waals surface area contributed by atoms with Crippen molar-refractivity contribution in [1.82, 2.24) is 10.6 Å². The van der Waals surface area contributed by atoms with E-state index in [2.05, 4.69) is 10.6 Å². The average molecular weight is 201 g/mol. The highest BCUT2D eigenvalue weighted by molar-refractivity contribution is 5.85. The molecule has 1 aliphatic heterocycles. The van der Waals surface area contributed by atoms with Gasteiger partial charge in [-0.3, -0.25) is 0 Å². The quantitative estimate of drug-likeness (QED) is 0.701. The molecule has 70 valence electrons. The Labute approximate surface area is 81.3 Å². The van der Waals surface area contributed by atoms with Gasteiger partial charge in [0.05, 0.1) is 0 Å². The van der Waals surface area contributed by atoms with Crippen LogP contribution in [0.2, 0.25) is 0 Å². The first kappa shape index (κ1) is 14.0. The molecule has 1 saturated heterocycles. The van der Waals surface area contributed by atoms with E-state index in [0.29, 0.717) is 0 Å². The molecular formula is C7H18Cl2N2. The zero-order valence-electron chi connectivity index (χ0n) is 6.93. The number of hydrogen-bond acceptors (Lipinski definition) is 2. The number of halogens is 2. The van der Waals surface area contributed by atoms with Crippen molar-refractivity contribution in [3.63, 3.8) is 0 Å². The molecule has 0 spiro atoms. The molecule has 0 amide bonds. The molecule has 1 aliphatic rings. The maximum atomic E-state index is 3.46. The van der Waals surface area contributed by atoms with Gasteiger partial charge in [0.2, 0.25) is 0 Å². The Morgan fingerprint density at radius 1 is 1.36 bits per heavy atom. The zero-order valence-corrected chi connectivity index (χ0v) is 8.56. The van der Waals surface area contributed by atoms with Gasteiger partial charge in [0.15, 0.2) is 0 Å². The van der Waals surface area contributed by atoms with Gasteiger partial charge in [0.1, 0.15) is 0 Å². The molecule has 1 heterocycles. The lowest BCUT2D eigenvalue weighted by Crippen LogP contribution is -2.40. The van der Waals surface area contributed by atoms with Gasteiger partial charge in [0.25, 0.3) is 0 Å². The van der Waals surface area contributed by atoms with Crippen molar-refractivity contribution < 1.29 is 0 Å². The summed E-state index contributed by atoms with van der Waals surface area (Å²) in [5.74, 6) is 0. The Hall–Kier alpha value is 0.500. The normalized spacial score (nSPS) is 23.2. The van der Waals surface area contributed by atoms with Crippen LogP contribution in [-0.4, -0.2) is 26.2 Å². The Morgan fingerprint density at radius 3 is 2.55 bits per heavy atom. The van der Waals surface area contributed by atoms with Gasteiger partial charge in [0, 0.05) is 12.6 Å². The van der Waals surface area contributed by atoms with Crippen molar-refractivity contribution in [3.8, 4) is 0 Å². The van der Waals surface area contributed by atoms with Gasteiger partial charge in [-0.1, -0.05) is 6.42 Å². The van der Waals surface area contributed by atoms with E-state index in [1.54, 1.807) is 0 Å². The Morgan fingerprint density at radius 2 is 2.09 bits per heavy atom. The molecule has 1 rings (SSSR count). The van der Waals surface area contributed by atoms with Gasteiger partial charge in [-0.05, 0) is 26.4 Å². The highest BCUT2D eigenvalue weighted by Gasteiger charge is 2.09. The highest BCUT2D eigenvalue weighted by Crippen LogP contribution is 2.04. The molecule has 0 aromatic carbocycles. The van der Waals surface area contributed by atoms with Crippen LogP contribution in [0.1, 0.15) is 19.3 Å². The Balaban J connectivity index is 0. The number of rotatable bonds is 2. The molecule has 4 heteroatoms. The van der Waals surface area contributed by atoms with Crippen LogP contribution >= 0.6 is 24.8 Å². The van der Waals surface area contributed by atoms with E-state index in [1.165, 1.54) is 25.8 Å². The number of likely N-dealkylation sites (N-methyl/N-ethyl adjacent to an activating group) is 1. The second kappa shape index (κ2) is 8.60. The number of hydrogen-bond donors (Lipinski definition) is 2. The minimum absolute atomic E-state index is 0. The lowest BCUT2D eigenvalue weighted by molar-refractivity contribution is 0.392. The smallest absolute Gasteiger partial charge is 0.0192 e. The van der Waals surface area contributed by atoms with Crippen molar-refractivity contribution in [1.29, 1.82) is 0 Å². The van der Waals surface area contributed by atoms with Crippen molar-refractivity contribution in [2.45, 2.75) is 25.3 Å². The average Bonchev–Trinajstić information content (AvgIpc) is 1.91. The summed E-state index contributed by atoms with van der Waals surface area (Å²) in [6.07, 6.45) is 4.11. The van der Waals surface area contributed by atoms with E-state index in [-0.39, 0.29) is 24.8 Å². The highest BCUT2D eigenvalue weighted by atomic mass is 35.5. The van der Waals surface area contributed by atoms with Crippen LogP contribution in [0.4, 0.5) is 0 Å². The summed E-state index contributed by atoms with van der Waals surface area (Å²) in [5.41, 5.74) is 0. The summed E-state index contributed by atoms with van der Waals surface area (Å²) in [5, 5.41) is 6.63. The molecule has 11 heavy (non-hydrogen) atoms. The molecule has 0 aliphatic carbocycles. The van der Waals surface area contributed by atoms with Crippen LogP contribution in [0.15, 0.2) is 0 Å². The summed E-state index contributed by atoms with van der Waals surface area (Å²) in [6.45, 7) is 2.34. The van der Waals surface area contributed by atoms with E-state index >= 15 is 0 Å². The molecule has 0 saturated carbocycles. The molecule has 2 N–H and O–H groups in total. The minimum Gasteiger partial charge on any atom is -0.318 e. The second-order valence-electron chi connectivity index (χ2n) is 2.70. The topological polar surface area (TPSA) is 24.1 Å². The second-order valence-corrected chi connectivity index (χ2v) is 2.70. The Kier molecular flexibility index (Phi) is 11.0. The minimum atomic E-state index is 0. The predicted octanol–water partition coefficient (Wildman–Crippen LogP) is 1.19. The first-order valence-electron chi connectivity index (χ1n) is 3.81. The van der Waals surface area contributed by atoms with E-state index in [9.17, 15) is 0 Å². The molecule has 0 bridgehead atoms. The van der Waals surface area contributed by atoms with Crippen LogP contribution in [0.25, 0.3) is 0 Å². The third-order valence-corrected chi connectivity index (χ3v) is 1.86. The summed E-state index contributed by atoms with van der Waals surface area (Å²) in [7, 11) is 2.01. The maximum Gasteiger partial charge on any atom is 0.0192 e. The fourth-order valence-electron chi connectivity index (χ4n) is 1.34. The monoisotopic (exact) mass is 200 g/mol. The molecule has 2 nitrogen and oxygen atoms in total. The van der Waals surface area contributed by atoms with Crippen LogP contribution in [0, 0.1) is 0 Å². The molecular weight excluding hydrogens is 183 g/mol. The van der Waals surface area contributed by atoms with E-state index in [4.69, 9.17) is 0 Å². The predicted molar refractivity (Wildman–Crippen MR) is 54.1 cm³/mol. The largest absolute Gasteiger partial charge is 0.318 e. The van der Waals surface area contributed by atoms with Crippen molar-refractivity contribution in [2.75, 3.05) is 20.1 Å². The first-order valence-corrected chi connectivity index (χ1v) is 3.81. The van der Waals surface area contributed by atoms with Gasteiger partial charge in [-0.2, -0.15) is 0 Å². The van der Waals surface area contributed by atoms with E-state index in [1.807, 2.05) is 7.05 Å². The third-order valence-electron chi connectivity index (χ3n) is 1.86. The SMILES string of the molecule is CNC[C@H]1CCCCN1.Cl.Cl. The molecule has 0 aromatic rings. The molecule has 1 atom stereocenters. The maximum absolute atomic E-state index is 3.46. The number of nitrogens with one attached hydrogen (secondary N) is 2. The van der Waals surface area contributed by atoms with Crippen molar-refractivity contribution in [3.05, 3.63) is 0 Å². The molecule has 1 fully saturated rings. The first-order chi connectivity index (χ1) is 4.43. The van der Waals surface area contributed by atoms with Crippen molar-refractivity contribution >= 4 is 24.8 Å². The summed E-state index contributed by atoms with van der Waals surface area (Å²) in [4.78, 5) is 0. The number of piperidine rings is 1. The van der Waals surface area contributed by atoms with Crippen LogP contribution < -0.4 is 10.6 Å². The van der Waals surface area contributed by atoms with Gasteiger partial charge in [-0.25, -0.2) is 0 Å². The standard InChI is InChI=1S/C7H16N2.2ClH/c1-8-6-7-4-2-3-5-9-7;;/h7-9H,2-6H2,1H3;2*1H/t7-;;/m1../s1. The molecule has 0 unspecified atom stereocenters. The Bertz CT molecular complexity index is 72.1. The van der Waals surface area contributed by atoms with Gasteiger partial charge < -0.3 is 10.6 Å². The fourth-order valence-corrected chi connectivity index (χ4v) is 1.34. The van der Waals surface area contributed by atoms with Gasteiger partial charge in [-0.15, -0.1) is 24.8 Å². The van der Waals surface area contributed by atoms with E-state index < -0.39 is 0 Å². The third kappa shape index (κ3) is 5.74. The van der Waals surface area contributed by atoms with Crippen LogP contribution in [0.5, 0.6) is 0 Å². The molecule has 0 aromatic heterocycles. The summed E-state index contributed by atoms with van der Waals surface area (Å²) < 4.78 is 0. The fraction of sp³-hybridized carbons (Fsp3) is 1.00. The van der Waals surface area contributed by atoms with Crippen LogP contribution in [-0.2, 0) is 0 Å². The molecule has 0 radical (unpaired) electrons.